The van der Waals surface area contributed by atoms with Gasteiger partial charge in [0.25, 0.3) is 0 Å². The van der Waals surface area contributed by atoms with E-state index in [1.54, 1.807) is 12.3 Å². The van der Waals surface area contributed by atoms with E-state index >= 15 is 4.39 Å². The predicted molar refractivity (Wildman–Crippen MR) is 173 cm³/mol. The first kappa shape index (κ1) is 28.6. The summed E-state index contributed by atoms with van der Waals surface area (Å²) in [6.45, 7) is 4.05. The first-order valence-electron chi connectivity index (χ1n) is 15.6. The Morgan fingerprint density at radius 3 is 2.85 bits per heavy atom. The predicted octanol–water partition coefficient (Wildman–Crippen LogP) is 5.46. The molecule has 0 aliphatic carbocycles. The summed E-state index contributed by atoms with van der Waals surface area (Å²) in [4.78, 5) is 22.7. The number of nitrogens with zero attached hydrogens (tertiary/aromatic N) is 6. The smallest absolute Gasteiger partial charge is 0.319 e. The van der Waals surface area contributed by atoms with E-state index in [1.165, 1.54) is 0 Å². The molecule has 8 rings (SSSR count). The Kier molecular flexibility index (Phi) is 6.78. The van der Waals surface area contributed by atoms with Gasteiger partial charge in [-0.3, -0.25) is 4.90 Å². The van der Waals surface area contributed by atoms with Gasteiger partial charge in [-0.1, -0.05) is 30.3 Å². The van der Waals surface area contributed by atoms with Crippen LogP contribution < -0.4 is 25.8 Å². The van der Waals surface area contributed by atoms with Crippen LogP contribution in [0.25, 0.3) is 32.9 Å². The molecule has 3 aliphatic heterocycles. The van der Waals surface area contributed by atoms with E-state index in [-0.39, 0.29) is 42.4 Å². The lowest BCUT2D eigenvalue weighted by Gasteiger charge is -2.32. The average Bonchev–Trinajstić information content (AvgIpc) is 3.51. The maximum absolute atomic E-state index is 17.0. The maximum atomic E-state index is 17.0. The van der Waals surface area contributed by atoms with E-state index in [1.807, 2.05) is 54.3 Å². The quantitative estimate of drug-likeness (QED) is 0.235. The Morgan fingerprint density at radius 1 is 1.11 bits per heavy atom. The summed E-state index contributed by atoms with van der Waals surface area (Å²) >= 11 is 0. The van der Waals surface area contributed by atoms with Gasteiger partial charge in [0, 0.05) is 36.0 Å². The molecule has 0 bridgehead atoms. The Morgan fingerprint density at radius 2 is 1.98 bits per heavy atom. The number of anilines is 3. The molecule has 3 aromatic heterocycles. The van der Waals surface area contributed by atoms with Crippen LogP contribution in [0, 0.1) is 5.82 Å². The summed E-state index contributed by atoms with van der Waals surface area (Å²) in [7, 11) is 0. The van der Waals surface area contributed by atoms with Crippen LogP contribution in [0.15, 0.2) is 54.7 Å². The highest BCUT2D eigenvalue weighted by atomic mass is 19.1. The molecule has 0 amide bonds. The van der Waals surface area contributed by atoms with E-state index in [2.05, 4.69) is 14.9 Å². The minimum absolute atomic E-state index is 0.00345. The average molecular weight is 625 g/mol. The zero-order valence-corrected chi connectivity index (χ0v) is 25.4. The minimum atomic E-state index is -0.911. The maximum Gasteiger partial charge on any atom is 0.319 e. The zero-order valence-electron chi connectivity index (χ0n) is 25.4. The SMILES string of the molecule is C[C@H](c1cccnc1N)N1CCOc2nc(-c3cc(N)cc4ccccc34)c(F)c3nc(OC[C@@]45CCCN4C[C@H](F)C5)nc1c23. The van der Waals surface area contributed by atoms with Gasteiger partial charge < -0.3 is 25.8 Å². The topological polar surface area (TPSA) is 129 Å². The van der Waals surface area contributed by atoms with E-state index < -0.39 is 17.5 Å². The van der Waals surface area contributed by atoms with Crippen molar-refractivity contribution in [2.75, 3.05) is 49.2 Å². The molecule has 0 saturated carbocycles. The fourth-order valence-electron chi connectivity index (χ4n) is 7.51. The number of aromatic nitrogens is 4. The molecule has 46 heavy (non-hydrogen) atoms. The molecular formula is C34H34F2N8O2. The number of ether oxygens (including phenoxy) is 2. The number of hydrogen-bond donors (Lipinski definition) is 2. The first-order chi connectivity index (χ1) is 22.3. The van der Waals surface area contributed by atoms with Gasteiger partial charge in [0.2, 0.25) is 5.88 Å². The van der Waals surface area contributed by atoms with Gasteiger partial charge in [-0.05, 0) is 55.3 Å². The molecule has 5 aromatic rings. The van der Waals surface area contributed by atoms with Crippen molar-refractivity contribution in [3.05, 3.63) is 66.1 Å². The molecule has 3 aliphatic rings. The summed E-state index contributed by atoms with van der Waals surface area (Å²) in [6, 6.07) is 14.6. The first-order valence-corrected chi connectivity index (χ1v) is 15.6. The van der Waals surface area contributed by atoms with Crippen LogP contribution in [0.3, 0.4) is 0 Å². The van der Waals surface area contributed by atoms with Crippen molar-refractivity contribution < 1.29 is 18.3 Å². The van der Waals surface area contributed by atoms with Gasteiger partial charge in [-0.2, -0.15) is 9.97 Å². The summed E-state index contributed by atoms with van der Waals surface area (Å²) in [6.07, 6.45) is 2.90. The molecule has 10 nitrogen and oxygen atoms in total. The Labute approximate surface area is 264 Å². The van der Waals surface area contributed by atoms with E-state index in [4.69, 9.17) is 30.9 Å². The normalized spacial score (nSPS) is 21.7. The molecule has 0 unspecified atom stereocenters. The minimum Gasteiger partial charge on any atom is -0.475 e. The molecule has 2 fully saturated rings. The van der Waals surface area contributed by atoms with Crippen LogP contribution in [0.1, 0.15) is 37.8 Å². The monoisotopic (exact) mass is 624 g/mol. The van der Waals surface area contributed by atoms with Gasteiger partial charge in [0.1, 0.15) is 47.6 Å². The standard InChI is InChI=1S/C34H34F2N8O2/c1-19(23-8-4-10-39-30(23)38)44-12-13-45-32-26-29(27(36)28(40-32)25-15-22(37)14-20-6-2-3-7-24(20)25)41-33(42-31(26)44)46-18-34-9-5-11-43(34)17-21(35)16-34/h2-4,6-8,10,14-15,19,21H,5,9,11-13,16-18,37H2,1H3,(H2,38,39)/t19-,21-,34+/m1/s1. The number of nitrogen functional groups attached to an aromatic ring is 2. The van der Waals surface area contributed by atoms with Crippen LogP contribution in [0.4, 0.5) is 26.1 Å². The highest BCUT2D eigenvalue weighted by molar-refractivity contribution is 6.02. The molecule has 236 valence electrons. The van der Waals surface area contributed by atoms with E-state index in [9.17, 15) is 4.39 Å². The van der Waals surface area contributed by atoms with Crippen molar-refractivity contribution in [2.24, 2.45) is 0 Å². The van der Waals surface area contributed by atoms with Crippen molar-refractivity contribution >= 4 is 39.0 Å². The number of alkyl halides is 1. The molecule has 4 N–H and O–H groups in total. The van der Waals surface area contributed by atoms with Crippen molar-refractivity contribution in [1.82, 2.24) is 24.8 Å². The van der Waals surface area contributed by atoms with Gasteiger partial charge in [0.15, 0.2) is 5.82 Å². The van der Waals surface area contributed by atoms with Gasteiger partial charge >= 0.3 is 6.01 Å². The zero-order chi connectivity index (χ0) is 31.6. The third kappa shape index (κ3) is 4.61. The van der Waals surface area contributed by atoms with Gasteiger partial charge in [-0.15, -0.1) is 0 Å². The molecule has 12 heteroatoms. The van der Waals surface area contributed by atoms with Crippen LogP contribution in [0.2, 0.25) is 0 Å². The Bertz CT molecular complexity index is 1990. The number of pyridine rings is 2. The number of halogens is 2. The molecule has 6 heterocycles. The number of hydrogen-bond acceptors (Lipinski definition) is 10. The van der Waals surface area contributed by atoms with Gasteiger partial charge in [-0.25, -0.2) is 18.7 Å². The van der Waals surface area contributed by atoms with Crippen LogP contribution in [-0.4, -0.2) is 69.4 Å². The molecule has 0 spiro atoms. The largest absolute Gasteiger partial charge is 0.475 e. The summed E-state index contributed by atoms with van der Waals surface area (Å²) < 4.78 is 44.0. The van der Waals surface area contributed by atoms with Crippen LogP contribution in [0.5, 0.6) is 11.9 Å². The highest BCUT2D eigenvalue weighted by Crippen LogP contribution is 2.44. The number of benzene rings is 2. The third-order valence-corrected chi connectivity index (χ3v) is 9.71. The second kappa shape index (κ2) is 10.9. The fraction of sp³-hybridized carbons (Fsp3) is 0.353. The summed E-state index contributed by atoms with van der Waals surface area (Å²) in [5.74, 6) is 0.365. The van der Waals surface area contributed by atoms with Crippen molar-refractivity contribution in [3.8, 4) is 23.1 Å². The summed E-state index contributed by atoms with van der Waals surface area (Å²) in [5, 5.41) is 1.98. The summed E-state index contributed by atoms with van der Waals surface area (Å²) in [5.41, 5.74) is 14.0. The number of nitrogens with two attached hydrogens (primary N) is 2. The highest BCUT2D eigenvalue weighted by Gasteiger charge is 2.49. The second-order valence-corrected chi connectivity index (χ2v) is 12.5. The second-order valence-electron chi connectivity index (χ2n) is 12.5. The Balaban J connectivity index is 1.31. The number of rotatable bonds is 6. The Hall–Kier alpha value is -4.84. The van der Waals surface area contributed by atoms with E-state index in [0.29, 0.717) is 47.8 Å². The van der Waals surface area contributed by atoms with Crippen molar-refractivity contribution in [1.29, 1.82) is 0 Å². The van der Waals surface area contributed by atoms with Crippen molar-refractivity contribution in [3.63, 3.8) is 0 Å². The van der Waals surface area contributed by atoms with Crippen LogP contribution in [-0.2, 0) is 0 Å². The third-order valence-electron chi connectivity index (χ3n) is 9.71. The number of fused-ring (bicyclic) bond motifs is 2. The fourth-order valence-corrected chi connectivity index (χ4v) is 7.51. The van der Waals surface area contributed by atoms with Crippen LogP contribution >= 0.6 is 0 Å². The molecule has 2 saturated heterocycles. The molecule has 2 aromatic carbocycles. The van der Waals surface area contributed by atoms with E-state index in [0.717, 1.165) is 35.7 Å². The lowest BCUT2D eigenvalue weighted by atomic mass is 9.95. The lowest BCUT2D eigenvalue weighted by molar-refractivity contribution is 0.107. The van der Waals surface area contributed by atoms with Crippen molar-refractivity contribution in [2.45, 2.75) is 43.9 Å². The van der Waals surface area contributed by atoms with Gasteiger partial charge in [0.05, 0.1) is 18.1 Å². The molecular weight excluding hydrogens is 590 g/mol. The molecule has 3 atom stereocenters. The lowest BCUT2D eigenvalue weighted by Crippen LogP contribution is -2.43. The molecule has 0 radical (unpaired) electrons.